The molecule has 0 unspecified atom stereocenters. The molecule has 2 aromatic heterocycles. The number of carbonyl (C=O) groups excluding carboxylic acids is 2. The van der Waals surface area contributed by atoms with Gasteiger partial charge in [0.2, 0.25) is 0 Å². The first-order valence-corrected chi connectivity index (χ1v) is 7.91. The number of aromatic nitrogens is 2. The molecule has 1 N–H and O–H groups in total. The second kappa shape index (κ2) is 7.08. The van der Waals surface area contributed by atoms with Crippen molar-refractivity contribution < 1.29 is 19.1 Å². The Balaban J connectivity index is 2.13. The van der Waals surface area contributed by atoms with Crippen LogP contribution in [-0.4, -0.2) is 34.8 Å². The SMILES string of the molecule is CCOC(=O)NN(C(=O)OCC)c1ccc2cnc3ccccc3n12. The summed E-state index contributed by atoms with van der Waals surface area (Å²) in [5.74, 6) is 0.417. The van der Waals surface area contributed by atoms with Crippen LogP contribution in [0, 0.1) is 0 Å². The molecule has 2 heterocycles. The quantitative estimate of drug-likeness (QED) is 0.739. The van der Waals surface area contributed by atoms with E-state index in [1.54, 1.807) is 32.2 Å². The molecule has 0 bridgehead atoms. The molecule has 0 atom stereocenters. The minimum atomic E-state index is -0.746. The summed E-state index contributed by atoms with van der Waals surface area (Å²) in [6, 6.07) is 11.0. The zero-order chi connectivity index (χ0) is 17.8. The maximum atomic E-state index is 12.4. The van der Waals surface area contributed by atoms with E-state index in [0.29, 0.717) is 5.82 Å². The van der Waals surface area contributed by atoms with Gasteiger partial charge in [0, 0.05) is 0 Å². The molecule has 1 aromatic carbocycles. The molecule has 3 aromatic rings. The molecule has 0 aliphatic heterocycles. The molecule has 8 heteroatoms. The van der Waals surface area contributed by atoms with Gasteiger partial charge in [-0.1, -0.05) is 12.1 Å². The number of para-hydroxylation sites is 2. The standard InChI is InChI=1S/C17H18N4O4/c1-3-24-16(22)19-21(17(23)25-4-2)15-10-9-12-11-18-13-7-5-6-8-14(13)20(12)15/h5-11H,3-4H2,1-2H3,(H,19,22). The molecule has 3 rings (SSSR count). The van der Waals surface area contributed by atoms with Crippen LogP contribution in [0.15, 0.2) is 42.6 Å². The van der Waals surface area contributed by atoms with Crippen LogP contribution in [0.1, 0.15) is 13.8 Å². The molecular weight excluding hydrogens is 324 g/mol. The Labute approximate surface area is 143 Å². The number of fused-ring (bicyclic) bond motifs is 3. The first-order chi connectivity index (χ1) is 12.2. The van der Waals surface area contributed by atoms with Crippen LogP contribution in [0.4, 0.5) is 15.4 Å². The monoisotopic (exact) mass is 342 g/mol. The molecule has 0 spiro atoms. The van der Waals surface area contributed by atoms with Crippen LogP contribution < -0.4 is 10.4 Å². The number of benzene rings is 1. The predicted molar refractivity (Wildman–Crippen MR) is 92.4 cm³/mol. The van der Waals surface area contributed by atoms with Crippen molar-refractivity contribution in [2.75, 3.05) is 18.2 Å². The van der Waals surface area contributed by atoms with E-state index in [1.165, 1.54) is 0 Å². The van der Waals surface area contributed by atoms with Crippen molar-refractivity contribution in [2.45, 2.75) is 13.8 Å². The summed E-state index contributed by atoms with van der Waals surface area (Å²) in [4.78, 5) is 28.6. The second-order valence-electron chi connectivity index (χ2n) is 5.07. The van der Waals surface area contributed by atoms with Gasteiger partial charge >= 0.3 is 12.2 Å². The van der Waals surface area contributed by atoms with Crippen molar-refractivity contribution in [1.82, 2.24) is 14.8 Å². The van der Waals surface area contributed by atoms with Crippen molar-refractivity contribution in [2.24, 2.45) is 0 Å². The maximum absolute atomic E-state index is 12.4. The van der Waals surface area contributed by atoms with Gasteiger partial charge in [0.15, 0.2) is 0 Å². The number of anilines is 1. The Morgan fingerprint density at radius 2 is 1.88 bits per heavy atom. The minimum absolute atomic E-state index is 0.172. The number of carbonyl (C=O) groups is 2. The van der Waals surface area contributed by atoms with Crippen LogP contribution in [0.5, 0.6) is 0 Å². The Morgan fingerprint density at radius 3 is 2.64 bits per heavy atom. The lowest BCUT2D eigenvalue weighted by Crippen LogP contribution is -2.47. The number of nitrogens with zero attached hydrogens (tertiary/aromatic N) is 3. The zero-order valence-electron chi connectivity index (χ0n) is 13.9. The van der Waals surface area contributed by atoms with E-state index >= 15 is 0 Å². The fourth-order valence-electron chi connectivity index (χ4n) is 2.52. The smallest absolute Gasteiger partial charge is 0.434 e. The Hall–Kier alpha value is -3.29. The van der Waals surface area contributed by atoms with E-state index in [9.17, 15) is 9.59 Å². The lowest BCUT2D eigenvalue weighted by atomic mass is 10.3. The molecule has 0 aliphatic carbocycles. The van der Waals surface area contributed by atoms with Crippen LogP contribution in [0.25, 0.3) is 16.6 Å². The van der Waals surface area contributed by atoms with Crippen molar-refractivity contribution >= 4 is 34.6 Å². The van der Waals surface area contributed by atoms with Gasteiger partial charge in [-0.15, -0.1) is 0 Å². The third-order valence-corrected chi connectivity index (χ3v) is 3.51. The Kier molecular flexibility index (Phi) is 4.69. The highest BCUT2D eigenvalue weighted by atomic mass is 16.6. The number of rotatable bonds is 3. The summed E-state index contributed by atoms with van der Waals surface area (Å²) in [5, 5.41) is 1.03. The number of hydrazine groups is 1. The van der Waals surface area contributed by atoms with E-state index in [0.717, 1.165) is 21.6 Å². The van der Waals surface area contributed by atoms with E-state index in [-0.39, 0.29) is 13.2 Å². The molecule has 2 amide bonds. The minimum Gasteiger partial charge on any atom is -0.449 e. The van der Waals surface area contributed by atoms with Gasteiger partial charge in [0.1, 0.15) is 5.82 Å². The summed E-state index contributed by atoms with van der Waals surface area (Å²) in [7, 11) is 0. The molecule has 8 nitrogen and oxygen atoms in total. The van der Waals surface area contributed by atoms with Gasteiger partial charge in [0.05, 0.1) is 36.0 Å². The lowest BCUT2D eigenvalue weighted by Gasteiger charge is -2.22. The van der Waals surface area contributed by atoms with Crippen molar-refractivity contribution in [3.05, 3.63) is 42.6 Å². The van der Waals surface area contributed by atoms with Gasteiger partial charge in [-0.25, -0.2) is 15.0 Å². The molecule has 0 radical (unpaired) electrons. The summed E-state index contributed by atoms with van der Waals surface area (Å²) < 4.78 is 11.7. The lowest BCUT2D eigenvalue weighted by molar-refractivity contribution is 0.138. The van der Waals surface area contributed by atoms with Crippen molar-refractivity contribution in [3.8, 4) is 0 Å². The van der Waals surface area contributed by atoms with E-state index in [1.807, 2.05) is 28.7 Å². The van der Waals surface area contributed by atoms with Crippen LogP contribution >= 0.6 is 0 Å². The summed E-state index contributed by atoms with van der Waals surface area (Å²) in [6.07, 6.45) is 0.236. The highest BCUT2D eigenvalue weighted by molar-refractivity contribution is 5.92. The number of hydrogen-bond acceptors (Lipinski definition) is 5. The summed E-state index contributed by atoms with van der Waals surface area (Å²) in [5.41, 5.74) is 4.74. The molecule has 0 saturated heterocycles. The van der Waals surface area contributed by atoms with E-state index in [4.69, 9.17) is 9.47 Å². The third kappa shape index (κ3) is 3.18. The Bertz CT molecular complexity index is 921. The zero-order valence-corrected chi connectivity index (χ0v) is 13.9. The Morgan fingerprint density at radius 1 is 1.12 bits per heavy atom. The fraction of sp³-hybridized carbons (Fsp3) is 0.235. The highest BCUT2D eigenvalue weighted by Crippen LogP contribution is 2.24. The average molecular weight is 342 g/mol. The molecule has 0 fully saturated rings. The van der Waals surface area contributed by atoms with Gasteiger partial charge < -0.3 is 9.47 Å². The molecular formula is C17H18N4O4. The normalized spacial score (nSPS) is 10.6. The van der Waals surface area contributed by atoms with Gasteiger partial charge in [-0.05, 0) is 38.1 Å². The first-order valence-electron chi connectivity index (χ1n) is 7.91. The highest BCUT2D eigenvalue weighted by Gasteiger charge is 2.24. The predicted octanol–water partition coefficient (Wildman–Crippen LogP) is 3.11. The number of ether oxygens (including phenoxy) is 2. The maximum Gasteiger partial charge on any atom is 0.434 e. The number of amides is 2. The van der Waals surface area contributed by atoms with Gasteiger partial charge in [-0.3, -0.25) is 9.38 Å². The van der Waals surface area contributed by atoms with Crippen molar-refractivity contribution in [3.63, 3.8) is 0 Å². The summed E-state index contributed by atoms with van der Waals surface area (Å²) in [6.45, 7) is 3.73. The van der Waals surface area contributed by atoms with Gasteiger partial charge in [0.25, 0.3) is 0 Å². The second-order valence-corrected chi connectivity index (χ2v) is 5.07. The first kappa shape index (κ1) is 16.6. The van der Waals surface area contributed by atoms with Gasteiger partial charge in [-0.2, -0.15) is 5.01 Å². The average Bonchev–Trinajstić information content (AvgIpc) is 3.04. The number of nitrogens with one attached hydrogen (secondary N) is 1. The van der Waals surface area contributed by atoms with Crippen LogP contribution in [-0.2, 0) is 9.47 Å². The van der Waals surface area contributed by atoms with Crippen LogP contribution in [0.3, 0.4) is 0 Å². The number of hydrogen-bond donors (Lipinski definition) is 1. The summed E-state index contributed by atoms with van der Waals surface area (Å²) >= 11 is 0. The van der Waals surface area contributed by atoms with E-state index < -0.39 is 12.2 Å². The molecule has 130 valence electrons. The largest absolute Gasteiger partial charge is 0.449 e. The van der Waals surface area contributed by atoms with Crippen molar-refractivity contribution in [1.29, 1.82) is 0 Å². The fourth-order valence-corrected chi connectivity index (χ4v) is 2.52. The van der Waals surface area contributed by atoms with E-state index in [2.05, 4.69) is 10.4 Å². The molecule has 0 saturated carbocycles. The third-order valence-electron chi connectivity index (χ3n) is 3.51. The molecule has 25 heavy (non-hydrogen) atoms. The topological polar surface area (TPSA) is 85.2 Å². The molecule has 0 aliphatic rings. The van der Waals surface area contributed by atoms with Crippen LogP contribution in [0.2, 0.25) is 0 Å².